The first-order chi connectivity index (χ1) is 17.6. The highest BCUT2D eigenvalue weighted by atomic mass is 32.1. The Morgan fingerprint density at radius 3 is 2.31 bits per heavy atom. The molecule has 10 heteroatoms. The van der Waals surface area contributed by atoms with E-state index in [1.165, 1.54) is 6.33 Å². The molecule has 0 radical (unpaired) electrons. The van der Waals surface area contributed by atoms with E-state index in [0.29, 0.717) is 40.0 Å². The fraction of sp³-hybridized carbons (Fsp3) is 0.0769. The smallest absolute Gasteiger partial charge is 0.303 e. The number of anilines is 2. The average molecular weight is 501 g/mol. The van der Waals surface area contributed by atoms with E-state index < -0.39 is 0 Å². The topological polar surface area (TPSA) is 112 Å². The van der Waals surface area contributed by atoms with Gasteiger partial charge in [0.15, 0.2) is 11.5 Å². The first-order valence-corrected chi connectivity index (χ1v) is 11.4. The number of rotatable bonds is 6. The second-order valence-electron chi connectivity index (χ2n) is 7.75. The summed E-state index contributed by atoms with van der Waals surface area (Å²) in [5.74, 6) is 1.42. The number of amides is 1. The fourth-order valence-corrected chi connectivity index (χ4v) is 4.01. The van der Waals surface area contributed by atoms with Gasteiger partial charge >= 0.3 is 5.88 Å². The van der Waals surface area contributed by atoms with Crippen molar-refractivity contribution in [3.63, 3.8) is 0 Å². The highest BCUT2D eigenvalue weighted by Gasteiger charge is 2.21. The summed E-state index contributed by atoms with van der Waals surface area (Å²) < 4.78 is 16.8. The Labute approximate surface area is 211 Å². The van der Waals surface area contributed by atoms with E-state index in [1.54, 1.807) is 50.6 Å². The van der Waals surface area contributed by atoms with Crippen molar-refractivity contribution >= 4 is 56.6 Å². The van der Waals surface area contributed by atoms with Gasteiger partial charge in [-0.05, 0) is 59.7 Å². The molecule has 1 amide bonds. The van der Waals surface area contributed by atoms with Gasteiger partial charge in [-0.25, -0.2) is 4.98 Å². The van der Waals surface area contributed by atoms with Crippen LogP contribution in [0.15, 0.2) is 73.1 Å². The van der Waals surface area contributed by atoms with Gasteiger partial charge in [-0.1, -0.05) is 18.2 Å². The number of aromatic nitrogens is 3. The third-order valence-electron chi connectivity index (χ3n) is 5.52. The van der Waals surface area contributed by atoms with Crippen molar-refractivity contribution in [2.45, 2.75) is 0 Å². The Morgan fingerprint density at radius 2 is 1.61 bits per heavy atom. The molecule has 0 unspecified atom stereocenters. The van der Waals surface area contributed by atoms with Gasteiger partial charge in [0, 0.05) is 28.4 Å². The number of nitrogens with zero attached hydrogens (tertiary/aromatic N) is 1. The van der Waals surface area contributed by atoms with Crippen molar-refractivity contribution in [3.8, 4) is 17.4 Å². The van der Waals surface area contributed by atoms with E-state index in [1.807, 2.05) is 30.3 Å². The summed E-state index contributed by atoms with van der Waals surface area (Å²) in [6, 6.07) is 19.9. The molecule has 0 aliphatic carbocycles. The summed E-state index contributed by atoms with van der Waals surface area (Å²) in [6.07, 6.45) is 1.52. The lowest BCUT2D eigenvalue weighted by molar-refractivity contribution is -0.391. The molecule has 9 nitrogen and oxygen atoms in total. The Bertz CT molecular complexity index is 1570. The molecule has 36 heavy (non-hydrogen) atoms. The number of hydrogen-bond donors (Lipinski definition) is 3. The van der Waals surface area contributed by atoms with Crippen LogP contribution in [0.1, 0.15) is 10.4 Å². The average Bonchev–Trinajstić information content (AvgIpc) is 3.27. The molecule has 2 heterocycles. The zero-order chi connectivity index (χ0) is 25.1. The quantitative estimate of drug-likeness (QED) is 0.293. The minimum atomic E-state index is -0.180. The maximum Gasteiger partial charge on any atom is 0.303 e. The van der Waals surface area contributed by atoms with E-state index in [0.717, 1.165) is 16.3 Å². The Morgan fingerprint density at radius 1 is 0.944 bits per heavy atom. The van der Waals surface area contributed by atoms with Crippen LogP contribution in [0.4, 0.5) is 11.4 Å². The molecule has 0 bridgehead atoms. The summed E-state index contributed by atoms with van der Waals surface area (Å²) >= 11 is 5.43. The van der Waals surface area contributed by atoms with Crippen LogP contribution in [0.25, 0.3) is 21.9 Å². The maximum absolute atomic E-state index is 12.3. The van der Waals surface area contributed by atoms with Crippen molar-refractivity contribution in [1.29, 1.82) is 0 Å². The summed E-state index contributed by atoms with van der Waals surface area (Å²) in [5.41, 5.74) is 3.38. The maximum atomic E-state index is 12.3. The number of fused-ring (bicyclic) bond motifs is 3. The van der Waals surface area contributed by atoms with Crippen LogP contribution in [-0.2, 0) is 0 Å². The molecule has 0 saturated heterocycles. The van der Waals surface area contributed by atoms with Crippen LogP contribution < -0.4 is 29.8 Å². The third-order valence-corrected chi connectivity index (χ3v) is 5.70. The molecule has 0 aliphatic heterocycles. The minimum Gasteiger partial charge on any atom is -0.493 e. The van der Waals surface area contributed by atoms with Gasteiger partial charge in [-0.15, -0.1) is 0 Å². The number of methoxy groups -OCH3 is 2. The molecule has 5 rings (SSSR count). The van der Waals surface area contributed by atoms with Crippen LogP contribution >= 0.6 is 12.2 Å². The number of carbonyl (C=O) groups is 1. The number of ether oxygens (including phenoxy) is 3. The molecule has 180 valence electrons. The molecule has 0 atom stereocenters. The van der Waals surface area contributed by atoms with E-state index in [2.05, 4.69) is 25.6 Å². The SMILES string of the molecule is COc1cc2[nH]c3nc[nH+]c(OC(=S)Nc4ccc(NC(=O)c5ccccc5)cc4)c3c2cc1OC. The number of carbonyl (C=O) groups excluding carboxylic acids is 1. The number of H-pyrrole nitrogens is 2. The molecule has 0 fully saturated rings. The van der Waals surface area contributed by atoms with Gasteiger partial charge in [-0.2, -0.15) is 0 Å². The first-order valence-electron chi connectivity index (χ1n) is 10.9. The minimum absolute atomic E-state index is 0.134. The van der Waals surface area contributed by atoms with Gasteiger partial charge in [-0.3, -0.25) is 4.79 Å². The predicted octanol–water partition coefficient (Wildman–Crippen LogP) is 4.58. The fourth-order valence-electron chi connectivity index (χ4n) is 3.81. The molecule has 0 spiro atoms. The standard InChI is InChI=1S/C26H21N5O4S/c1-33-20-12-18-19(13-21(20)34-2)31-23-22(18)25(28-14-27-23)35-26(36)30-17-10-8-16(9-11-17)29-24(32)15-6-4-3-5-7-15/h3-14H,1-2H3,(H,29,32)(H,30,36)(H,27,28,31)/p+1. The van der Waals surface area contributed by atoms with Gasteiger partial charge in [0.1, 0.15) is 5.39 Å². The van der Waals surface area contributed by atoms with Crippen molar-refractivity contribution in [1.82, 2.24) is 9.97 Å². The first kappa shape index (κ1) is 23.1. The van der Waals surface area contributed by atoms with Crippen LogP contribution in [0.3, 0.4) is 0 Å². The lowest BCUT2D eigenvalue weighted by Gasteiger charge is -2.10. The summed E-state index contributed by atoms with van der Waals surface area (Å²) in [4.78, 5) is 23.0. The van der Waals surface area contributed by atoms with Crippen molar-refractivity contribution in [2.24, 2.45) is 0 Å². The van der Waals surface area contributed by atoms with Crippen LogP contribution in [0.2, 0.25) is 0 Å². The molecule has 0 aliphatic rings. The number of hydrogen-bond acceptors (Lipinski definition) is 6. The van der Waals surface area contributed by atoms with Crippen molar-refractivity contribution in [3.05, 3.63) is 78.6 Å². The van der Waals surface area contributed by atoms with Gasteiger partial charge in [0.25, 0.3) is 23.1 Å². The Kier molecular flexibility index (Phi) is 6.33. The second-order valence-corrected chi connectivity index (χ2v) is 8.12. The third kappa shape index (κ3) is 4.62. The van der Waals surface area contributed by atoms with Crippen molar-refractivity contribution in [2.75, 3.05) is 24.9 Å². The van der Waals surface area contributed by atoms with Gasteiger partial charge in [0.2, 0.25) is 0 Å². The monoisotopic (exact) mass is 500 g/mol. The van der Waals surface area contributed by atoms with Crippen LogP contribution in [0.5, 0.6) is 17.4 Å². The summed E-state index contributed by atoms with van der Waals surface area (Å²) in [5, 5.41) is 7.60. The molecule has 5 aromatic rings. The molecule has 3 aromatic carbocycles. The molecule has 2 aromatic heterocycles. The zero-order valence-electron chi connectivity index (χ0n) is 19.4. The van der Waals surface area contributed by atoms with Crippen LogP contribution in [0, 0.1) is 0 Å². The molecule has 0 saturated carbocycles. The normalized spacial score (nSPS) is 10.7. The van der Waals surface area contributed by atoms with E-state index in [-0.39, 0.29) is 11.1 Å². The van der Waals surface area contributed by atoms with E-state index in [4.69, 9.17) is 26.4 Å². The number of benzene rings is 3. The van der Waals surface area contributed by atoms with E-state index in [9.17, 15) is 4.79 Å². The predicted molar refractivity (Wildman–Crippen MR) is 141 cm³/mol. The highest BCUT2D eigenvalue weighted by molar-refractivity contribution is 7.80. The van der Waals surface area contributed by atoms with Gasteiger partial charge in [0.05, 0.1) is 19.7 Å². The molecular weight excluding hydrogens is 478 g/mol. The second kappa shape index (κ2) is 9.88. The molecular formula is C26H22N5O4S+. The van der Waals surface area contributed by atoms with Gasteiger partial charge < -0.3 is 29.8 Å². The Hall–Kier alpha value is -4.70. The summed E-state index contributed by atoms with van der Waals surface area (Å²) in [6.45, 7) is 0. The van der Waals surface area contributed by atoms with Crippen molar-refractivity contribution < 1.29 is 24.0 Å². The number of nitrogens with one attached hydrogen (secondary N) is 4. The lowest BCUT2D eigenvalue weighted by atomic mass is 10.2. The zero-order valence-corrected chi connectivity index (χ0v) is 20.2. The van der Waals surface area contributed by atoms with Crippen LogP contribution in [-0.4, -0.2) is 35.3 Å². The number of thiocarbonyl (C=S) groups is 1. The molecule has 4 N–H and O–H groups in total. The lowest BCUT2D eigenvalue weighted by Crippen LogP contribution is -2.21. The highest BCUT2D eigenvalue weighted by Crippen LogP contribution is 2.37. The van der Waals surface area contributed by atoms with E-state index >= 15 is 0 Å². The number of aromatic amines is 2. The Balaban J connectivity index is 1.32. The summed E-state index contributed by atoms with van der Waals surface area (Å²) in [7, 11) is 3.17. The largest absolute Gasteiger partial charge is 0.493 e.